The molecule has 0 aliphatic carbocycles. The molecule has 0 saturated carbocycles. The molecule has 1 aliphatic rings. The first-order valence-electron chi connectivity index (χ1n) is 8.05. The van der Waals surface area contributed by atoms with Crippen LogP contribution in [0.25, 0.3) is 11.3 Å². The quantitative estimate of drug-likeness (QED) is 0.545. The number of allylic oxidation sites excluding steroid dienone is 1. The molecule has 0 fully saturated rings. The summed E-state index contributed by atoms with van der Waals surface area (Å²) in [6, 6.07) is 17.6. The first-order chi connectivity index (χ1) is 13.1. The molecule has 0 saturated heterocycles. The van der Waals surface area contributed by atoms with Gasteiger partial charge in [0.1, 0.15) is 11.6 Å². The highest BCUT2D eigenvalue weighted by Gasteiger charge is 2.35. The molecule has 8 heteroatoms. The van der Waals surface area contributed by atoms with Gasteiger partial charge in [-0.1, -0.05) is 42.5 Å². The number of non-ortho nitro benzene ring substituents is 1. The SMILES string of the molecule is N#CC1=C(N)Oc2n[nH]c(-c3ccccc3)c2[C@@H]1c1ccc([N+](=O)[O-])cc1. The number of ether oxygens (including phenoxy) is 1. The van der Waals surface area contributed by atoms with E-state index >= 15 is 0 Å². The smallest absolute Gasteiger partial charge is 0.269 e. The zero-order valence-electron chi connectivity index (χ0n) is 13.9. The molecule has 1 atom stereocenters. The lowest BCUT2D eigenvalue weighted by atomic mass is 9.83. The van der Waals surface area contributed by atoms with E-state index in [1.165, 1.54) is 12.1 Å². The number of fused-ring (bicyclic) bond motifs is 1. The van der Waals surface area contributed by atoms with Crippen LogP contribution in [0.2, 0.25) is 0 Å². The van der Waals surface area contributed by atoms with Gasteiger partial charge in [-0.15, -0.1) is 5.10 Å². The van der Waals surface area contributed by atoms with E-state index in [2.05, 4.69) is 16.3 Å². The zero-order valence-corrected chi connectivity index (χ0v) is 13.9. The van der Waals surface area contributed by atoms with Crippen molar-refractivity contribution < 1.29 is 9.66 Å². The van der Waals surface area contributed by atoms with Gasteiger partial charge in [-0.25, -0.2) is 0 Å². The van der Waals surface area contributed by atoms with E-state index in [0.717, 1.165) is 5.56 Å². The van der Waals surface area contributed by atoms with E-state index in [1.54, 1.807) is 12.1 Å². The van der Waals surface area contributed by atoms with Gasteiger partial charge < -0.3 is 10.5 Å². The average Bonchev–Trinajstić information content (AvgIpc) is 3.11. The highest BCUT2D eigenvalue weighted by atomic mass is 16.6. The third kappa shape index (κ3) is 2.67. The highest BCUT2D eigenvalue weighted by molar-refractivity contribution is 5.70. The number of hydrogen-bond acceptors (Lipinski definition) is 6. The lowest BCUT2D eigenvalue weighted by molar-refractivity contribution is -0.384. The van der Waals surface area contributed by atoms with Gasteiger partial charge in [0.25, 0.3) is 5.69 Å². The molecule has 0 radical (unpaired) electrons. The molecule has 8 nitrogen and oxygen atoms in total. The lowest BCUT2D eigenvalue weighted by Crippen LogP contribution is -2.21. The molecule has 0 bridgehead atoms. The molecule has 1 aromatic heterocycles. The molecule has 1 aliphatic heterocycles. The molecule has 3 N–H and O–H groups in total. The number of nitro groups is 1. The summed E-state index contributed by atoms with van der Waals surface area (Å²) in [7, 11) is 0. The number of nitriles is 1. The number of H-pyrrole nitrogens is 1. The second-order valence-corrected chi connectivity index (χ2v) is 5.96. The lowest BCUT2D eigenvalue weighted by Gasteiger charge is -2.24. The number of hydrogen-bond donors (Lipinski definition) is 2. The molecule has 4 rings (SSSR count). The van der Waals surface area contributed by atoms with Crippen LogP contribution < -0.4 is 10.5 Å². The fourth-order valence-corrected chi connectivity index (χ4v) is 3.19. The summed E-state index contributed by atoms with van der Waals surface area (Å²) in [6.45, 7) is 0. The molecular weight excluding hydrogens is 346 g/mol. The van der Waals surface area contributed by atoms with Crippen molar-refractivity contribution in [2.24, 2.45) is 5.73 Å². The van der Waals surface area contributed by atoms with E-state index in [-0.39, 0.29) is 23.0 Å². The van der Waals surface area contributed by atoms with E-state index in [9.17, 15) is 15.4 Å². The van der Waals surface area contributed by atoms with Gasteiger partial charge in [0.2, 0.25) is 11.8 Å². The van der Waals surface area contributed by atoms with E-state index in [4.69, 9.17) is 10.5 Å². The topological polar surface area (TPSA) is 131 Å². The number of aromatic nitrogens is 2. The summed E-state index contributed by atoms with van der Waals surface area (Å²) in [4.78, 5) is 10.5. The van der Waals surface area contributed by atoms with Crippen LogP contribution in [0.3, 0.4) is 0 Å². The normalized spacial score (nSPS) is 15.6. The molecule has 2 aromatic carbocycles. The maximum Gasteiger partial charge on any atom is 0.269 e. The maximum atomic E-state index is 10.9. The van der Waals surface area contributed by atoms with Gasteiger partial charge in [0.05, 0.1) is 22.1 Å². The molecule has 3 aromatic rings. The van der Waals surface area contributed by atoms with Gasteiger partial charge in [-0.3, -0.25) is 15.2 Å². The molecule has 0 unspecified atom stereocenters. The summed E-state index contributed by atoms with van der Waals surface area (Å²) in [5.74, 6) is -0.290. The third-order valence-electron chi connectivity index (χ3n) is 4.44. The Morgan fingerprint density at radius 1 is 1.19 bits per heavy atom. The standard InChI is InChI=1S/C19H13N5O3/c20-10-14-15(11-6-8-13(9-7-11)24(25)26)16-17(12-4-2-1-3-5-12)22-23-19(16)27-18(14)21/h1-9,15H,21H2,(H,22,23)/t15-/m1/s1. The zero-order chi connectivity index (χ0) is 19.0. The molecule has 0 spiro atoms. The van der Waals surface area contributed by atoms with Crippen molar-refractivity contribution in [1.29, 1.82) is 5.26 Å². The van der Waals surface area contributed by atoms with Crippen molar-refractivity contribution in [3.63, 3.8) is 0 Å². The van der Waals surface area contributed by atoms with Crippen molar-refractivity contribution in [1.82, 2.24) is 10.2 Å². The van der Waals surface area contributed by atoms with Crippen LogP contribution in [0, 0.1) is 21.4 Å². The Balaban J connectivity index is 1.91. The Kier molecular flexibility index (Phi) is 3.82. The van der Waals surface area contributed by atoms with Crippen molar-refractivity contribution in [3.8, 4) is 23.2 Å². The predicted octanol–water partition coefficient (Wildman–Crippen LogP) is 3.20. The number of nitro benzene ring substituents is 1. The fourth-order valence-electron chi connectivity index (χ4n) is 3.19. The third-order valence-corrected chi connectivity index (χ3v) is 4.44. The van der Waals surface area contributed by atoms with E-state index in [1.807, 2.05) is 30.3 Å². The fraction of sp³-hybridized carbons (Fsp3) is 0.0526. The van der Waals surface area contributed by atoms with Crippen molar-refractivity contribution in [2.75, 3.05) is 0 Å². The van der Waals surface area contributed by atoms with Crippen LogP contribution in [-0.2, 0) is 0 Å². The van der Waals surface area contributed by atoms with Crippen molar-refractivity contribution in [2.45, 2.75) is 5.92 Å². The summed E-state index contributed by atoms with van der Waals surface area (Å²) >= 11 is 0. The van der Waals surface area contributed by atoms with Crippen molar-refractivity contribution >= 4 is 5.69 Å². The minimum Gasteiger partial charge on any atom is -0.420 e. The van der Waals surface area contributed by atoms with Gasteiger partial charge in [-0.05, 0) is 11.1 Å². The molecule has 0 amide bonds. The minimum absolute atomic E-state index is 0.0283. The first-order valence-corrected chi connectivity index (χ1v) is 8.05. The number of benzene rings is 2. The first kappa shape index (κ1) is 16.4. The predicted molar refractivity (Wildman–Crippen MR) is 96.4 cm³/mol. The van der Waals surface area contributed by atoms with Crippen LogP contribution in [0.1, 0.15) is 17.0 Å². The number of nitrogens with two attached hydrogens (primary N) is 1. The highest BCUT2D eigenvalue weighted by Crippen LogP contribution is 2.45. The van der Waals surface area contributed by atoms with Gasteiger partial charge >= 0.3 is 0 Å². The van der Waals surface area contributed by atoms with Crippen LogP contribution in [0.15, 0.2) is 66.1 Å². The number of aromatic amines is 1. The van der Waals surface area contributed by atoms with Gasteiger partial charge in [0, 0.05) is 12.1 Å². The number of nitrogens with one attached hydrogen (secondary N) is 1. The summed E-state index contributed by atoms with van der Waals surface area (Å²) in [5, 5.41) is 27.7. The molecule has 132 valence electrons. The molecule has 2 heterocycles. The second-order valence-electron chi connectivity index (χ2n) is 5.96. The Bertz CT molecular complexity index is 1090. The second kappa shape index (κ2) is 6.31. The molecule has 27 heavy (non-hydrogen) atoms. The average molecular weight is 359 g/mol. The Labute approximate surface area is 153 Å². The Hall–Kier alpha value is -4.12. The Morgan fingerprint density at radius 3 is 2.52 bits per heavy atom. The number of rotatable bonds is 3. The van der Waals surface area contributed by atoms with E-state index in [0.29, 0.717) is 16.8 Å². The van der Waals surface area contributed by atoms with Gasteiger partial charge in [0.15, 0.2) is 0 Å². The molecular formula is C19H13N5O3. The monoisotopic (exact) mass is 359 g/mol. The summed E-state index contributed by atoms with van der Waals surface area (Å²) in [6.07, 6.45) is 0. The van der Waals surface area contributed by atoms with Crippen LogP contribution in [0.5, 0.6) is 5.88 Å². The van der Waals surface area contributed by atoms with Crippen LogP contribution in [0.4, 0.5) is 5.69 Å². The van der Waals surface area contributed by atoms with E-state index < -0.39 is 10.8 Å². The number of nitrogens with zero attached hydrogens (tertiary/aromatic N) is 3. The maximum absolute atomic E-state index is 10.9. The summed E-state index contributed by atoms with van der Waals surface area (Å²) < 4.78 is 5.54. The summed E-state index contributed by atoms with van der Waals surface area (Å²) in [5.41, 5.74) is 9.06. The van der Waals surface area contributed by atoms with Crippen LogP contribution >= 0.6 is 0 Å². The minimum atomic E-state index is -0.548. The van der Waals surface area contributed by atoms with Gasteiger partial charge in [-0.2, -0.15) is 5.26 Å². The Morgan fingerprint density at radius 2 is 1.89 bits per heavy atom. The van der Waals surface area contributed by atoms with Crippen molar-refractivity contribution in [3.05, 3.63) is 87.3 Å². The van der Waals surface area contributed by atoms with Crippen LogP contribution in [-0.4, -0.2) is 15.1 Å². The largest absolute Gasteiger partial charge is 0.420 e.